The number of fused-ring (bicyclic) bond motifs is 6. The molecule has 0 saturated carbocycles. The van der Waals surface area contributed by atoms with E-state index in [-0.39, 0.29) is 52.7 Å². The van der Waals surface area contributed by atoms with Gasteiger partial charge >= 0.3 is 0 Å². The summed E-state index contributed by atoms with van der Waals surface area (Å²) < 4.78 is 109. The highest BCUT2D eigenvalue weighted by Gasteiger charge is 2.39. The number of hydrogen-bond donors (Lipinski definition) is 1. The van der Waals surface area contributed by atoms with E-state index in [1.165, 1.54) is 12.1 Å². The monoisotopic (exact) mass is 644 g/mol. The summed E-state index contributed by atoms with van der Waals surface area (Å²) in [5.41, 5.74) is 5.36. The SMILES string of the molecule is [2H]C([2H])([2H])Oc1cc2c(cc1OC([2H])([2H])[2H])[C@@H]1CC(=O)[C@@H](CC(=C)C)CN1CC2.[2H]C([2H])([2H])Oc1cc2c(cc1OC([2H])([2H])[2H])[C@@H]1C[C@@H](O)[C@@H](CC(=C)C)CN1CC2. The Morgan fingerprint density at radius 1 is 0.804 bits per heavy atom. The van der Waals surface area contributed by atoms with Crippen LogP contribution in [0, 0.1) is 11.8 Å². The minimum absolute atomic E-state index is 0.0819. The summed E-state index contributed by atoms with van der Waals surface area (Å²) in [5.74, 6) is -0.328. The molecule has 1 N–H and O–H groups in total. The van der Waals surface area contributed by atoms with Gasteiger partial charge in [-0.05, 0) is 92.5 Å². The van der Waals surface area contributed by atoms with Crippen LogP contribution in [0.4, 0.5) is 0 Å². The predicted octanol–water partition coefficient (Wildman–Crippen LogP) is 6.11. The molecule has 8 nitrogen and oxygen atoms in total. The molecule has 4 heterocycles. The molecule has 6 rings (SSSR count). The van der Waals surface area contributed by atoms with Gasteiger partial charge in [-0.1, -0.05) is 11.1 Å². The zero-order chi connectivity index (χ0) is 43.1. The first kappa shape index (κ1) is 21.5. The second-order valence-electron chi connectivity index (χ2n) is 13.2. The third kappa shape index (κ3) is 7.14. The van der Waals surface area contributed by atoms with Crippen LogP contribution in [0.3, 0.4) is 0 Å². The van der Waals surface area contributed by atoms with Crippen molar-refractivity contribution in [1.82, 2.24) is 9.80 Å². The molecule has 0 aromatic heterocycles. The number of ketones is 1. The van der Waals surface area contributed by atoms with E-state index < -0.39 is 34.3 Å². The fraction of sp³-hybridized carbons (Fsp3) is 0.553. The van der Waals surface area contributed by atoms with Crippen molar-refractivity contribution in [2.75, 3.05) is 54.3 Å². The Morgan fingerprint density at radius 3 is 1.83 bits per heavy atom. The lowest BCUT2D eigenvalue weighted by Crippen LogP contribution is -2.48. The van der Waals surface area contributed by atoms with Crippen LogP contribution in [0.15, 0.2) is 48.6 Å². The van der Waals surface area contributed by atoms with Crippen LogP contribution in [-0.2, 0) is 17.6 Å². The number of ether oxygens (including phenoxy) is 4. The number of aliphatic hydroxyl groups excluding tert-OH is 1. The maximum absolute atomic E-state index is 12.7. The van der Waals surface area contributed by atoms with Gasteiger partial charge in [-0.3, -0.25) is 14.6 Å². The van der Waals surface area contributed by atoms with Crippen LogP contribution < -0.4 is 18.9 Å². The Hall–Kier alpha value is -3.33. The molecule has 0 bridgehead atoms. The zero-order valence-electron chi connectivity index (χ0n) is 38.6. The van der Waals surface area contributed by atoms with Gasteiger partial charge in [0.1, 0.15) is 5.78 Å². The van der Waals surface area contributed by atoms with E-state index in [9.17, 15) is 9.90 Å². The number of rotatable bonds is 8. The molecule has 4 aliphatic heterocycles. The molecular formula is C38H52N2O6. The number of carbonyl (C=O) groups is 1. The first-order chi connectivity index (χ1) is 26.6. The minimum atomic E-state index is -2.76. The number of nitrogens with zero attached hydrogens (tertiary/aromatic N) is 2. The molecule has 2 aromatic rings. The van der Waals surface area contributed by atoms with Crippen LogP contribution >= 0.6 is 0 Å². The topological polar surface area (TPSA) is 80.7 Å². The number of hydrogen-bond acceptors (Lipinski definition) is 8. The number of methoxy groups -OCH3 is 4. The standard InChI is InChI=1S/C19H27NO3.C19H25NO3/c2*1-12(2)7-14-11-20-6-5-13-8-18(22-3)19(23-4)9-15(13)16(20)10-17(14)21/h8-9,14,16-17,21H,1,5-7,10-11H2,2-4H3;8-9,14,16H,1,5-7,10-11H2,2-4H3/t14-,16-,17+;14-,16-/m00/s1/i2*3D3,4D3. The molecule has 250 valence electrons. The highest BCUT2D eigenvalue weighted by molar-refractivity contribution is 5.83. The average molecular weight is 645 g/mol. The minimum Gasteiger partial charge on any atom is -0.493 e. The Kier molecular flexibility index (Phi) is 6.84. The number of piperidine rings is 2. The Morgan fingerprint density at radius 2 is 1.30 bits per heavy atom. The average Bonchev–Trinajstić information content (AvgIpc) is 3.04. The molecule has 0 amide bonds. The number of Topliss-reactive ketones (excluding diaryl/α,β-unsaturated/α-hetero) is 1. The van der Waals surface area contributed by atoms with E-state index >= 15 is 0 Å². The molecule has 2 saturated heterocycles. The molecule has 8 heteroatoms. The highest BCUT2D eigenvalue weighted by Crippen LogP contribution is 2.44. The van der Waals surface area contributed by atoms with Crippen molar-refractivity contribution < 1.29 is 45.3 Å². The van der Waals surface area contributed by atoms with E-state index in [1.54, 1.807) is 12.1 Å². The maximum atomic E-state index is 12.7. The summed E-state index contributed by atoms with van der Waals surface area (Å²) in [6.07, 6.45) is 3.07. The van der Waals surface area contributed by atoms with Crippen molar-refractivity contribution in [2.24, 2.45) is 11.8 Å². The van der Waals surface area contributed by atoms with Crippen LogP contribution in [0.1, 0.15) is 90.3 Å². The summed E-state index contributed by atoms with van der Waals surface area (Å²) in [6.45, 7) is 14.6. The van der Waals surface area contributed by atoms with Gasteiger partial charge in [-0.25, -0.2) is 0 Å². The Balaban J connectivity index is 0.000000221. The van der Waals surface area contributed by atoms with Gasteiger partial charge in [0.15, 0.2) is 23.0 Å². The molecule has 0 spiro atoms. The van der Waals surface area contributed by atoms with Crippen LogP contribution in [-0.4, -0.2) is 81.1 Å². The lowest BCUT2D eigenvalue weighted by Gasteiger charge is -2.46. The van der Waals surface area contributed by atoms with Gasteiger partial charge in [-0.2, -0.15) is 0 Å². The van der Waals surface area contributed by atoms with Gasteiger partial charge in [-0.15, -0.1) is 13.2 Å². The second kappa shape index (κ2) is 14.6. The highest BCUT2D eigenvalue weighted by atomic mass is 16.5. The van der Waals surface area contributed by atoms with Crippen molar-refractivity contribution >= 4 is 5.78 Å². The van der Waals surface area contributed by atoms with Gasteiger partial charge in [0.25, 0.3) is 0 Å². The summed E-state index contributed by atoms with van der Waals surface area (Å²) in [5, 5.41) is 10.7. The molecule has 5 atom stereocenters. The fourth-order valence-corrected chi connectivity index (χ4v) is 7.63. The number of aliphatic hydroxyl groups is 1. The van der Waals surface area contributed by atoms with Crippen molar-refractivity contribution in [2.45, 2.75) is 70.6 Å². The summed E-state index contributed by atoms with van der Waals surface area (Å²) >= 11 is 0. The zero-order valence-corrected chi connectivity index (χ0v) is 26.6. The van der Waals surface area contributed by atoms with Gasteiger partial charge in [0, 0.05) is 56.5 Å². The first-order valence-corrected chi connectivity index (χ1v) is 15.7. The van der Waals surface area contributed by atoms with Gasteiger partial charge < -0.3 is 24.1 Å². The predicted molar refractivity (Wildman–Crippen MR) is 181 cm³/mol. The lowest BCUT2D eigenvalue weighted by molar-refractivity contribution is -0.128. The van der Waals surface area contributed by atoms with Crippen LogP contribution in [0.5, 0.6) is 23.0 Å². The second-order valence-corrected chi connectivity index (χ2v) is 13.2. The molecular weight excluding hydrogens is 580 g/mol. The Labute approximate surface area is 291 Å². The fourth-order valence-electron chi connectivity index (χ4n) is 7.63. The molecule has 0 aliphatic carbocycles. The van der Waals surface area contributed by atoms with Gasteiger partial charge in [0.2, 0.25) is 0 Å². The van der Waals surface area contributed by atoms with Crippen molar-refractivity contribution in [3.63, 3.8) is 0 Å². The number of carbonyl (C=O) groups excluding carboxylic acids is 1. The van der Waals surface area contributed by atoms with Crippen LogP contribution in [0.25, 0.3) is 0 Å². The summed E-state index contributed by atoms with van der Waals surface area (Å²) in [4.78, 5) is 17.2. The normalized spacial score (nSPS) is 30.4. The first-order valence-electron chi connectivity index (χ1n) is 21.7. The largest absolute Gasteiger partial charge is 0.493 e. The van der Waals surface area contributed by atoms with E-state index in [2.05, 4.69) is 23.0 Å². The van der Waals surface area contributed by atoms with Crippen molar-refractivity contribution in [3.05, 3.63) is 70.8 Å². The third-order valence-corrected chi connectivity index (χ3v) is 9.78. The smallest absolute Gasteiger partial charge is 0.161 e. The molecule has 2 fully saturated rings. The van der Waals surface area contributed by atoms with E-state index in [4.69, 9.17) is 35.4 Å². The molecule has 4 aliphatic rings. The van der Waals surface area contributed by atoms with E-state index in [0.29, 0.717) is 38.6 Å². The number of benzene rings is 2. The quantitative estimate of drug-likeness (QED) is 0.345. The lowest BCUT2D eigenvalue weighted by atomic mass is 9.80. The maximum Gasteiger partial charge on any atom is 0.161 e. The summed E-state index contributed by atoms with van der Waals surface area (Å²) in [7, 11) is -11.0. The molecule has 0 radical (unpaired) electrons. The van der Waals surface area contributed by atoms with Gasteiger partial charge in [0.05, 0.1) is 50.7 Å². The molecule has 2 aromatic carbocycles. The third-order valence-electron chi connectivity index (χ3n) is 9.78. The van der Waals surface area contributed by atoms with Crippen molar-refractivity contribution in [3.8, 4) is 23.0 Å². The molecule has 46 heavy (non-hydrogen) atoms. The number of allylic oxidation sites excluding steroid dienone is 2. The Bertz CT molecular complexity index is 1860. The summed E-state index contributed by atoms with van der Waals surface area (Å²) in [6, 6.07) is 5.90. The van der Waals surface area contributed by atoms with Crippen molar-refractivity contribution in [1.29, 1.82) is 0 Å². The van der Waals surface area contributed by atoms with Crippen LogP contribution in [0.2, 0.25) is 0 Å². The molecule has 0 unspecified atom stereocenters. The van der Waals surface area contributed by atoms with E-state index in [0.717, 1.165) is 59.5 Å². The van der Waals surface area contributed by atoms with E-state index in [1.807, 2.05) is 13.8 Å².